The largest absolute Gasteiger partial charge is 0.338 e. The zero-order valence-corrected chi connectivity index (χ0v) is 12.0. The van der Waals surface area contributed by atoms with E-state index in [0.29, 0.717) is 5.30 Å². The van der Waals surface area contributed by atoms with Crippen LogP contribution in [-0.2, 0) is 4.57 Å². The number of allylic oxidation sites excluding steroid dienone is 1. The van der Waals surface area contributed by atoms with Gasteiger partial charge in [0.25, 0.3) is 7.37 Å². The van der Waals surface area contributed by atoms with Gasteiger partial charge in [-0.15, -0.1) is 0 Å². The highest BCUT2D eigenvalue weighted by atomic mass is 31.2. The Labute approximate surface area is 114 Å². The lowest BCUT2D eigenvalue weighted by molar-refractivity contribution is 0.500. The summed E-state index contributed by atoms with van der Waals surface area (Å²) >= 11 is 0. The molecule has 19 heavy (non-hydrogen) atoms. The number of benzene rings is 2. The highest BCUT2D eigenvalue weighted by molar-refractivity contribution is 7.69. The summed E-state index contributed by atoms with van der Waals surface area (Å²) in [6.45, 7) is 2.11. The lowest BCUT2D eigenvalue weighted by atomic mass is 10.1. The molecule has 0 saturated carbocycles. The molecular weight excluding hydrogens is 255 g/mol. The van der Waals surface area contributed by atoms with Crippen LogP contribution in [0.4, 0.5) is 0 Å². The molecule has 2 aromatic rings. The molecule has 0 spiro atoms. The second-order valence-corrected chi connectivity index (χ2v) is 6.67. The van der Waals surface area contributed by atoms with E-state index in [0.717, 1.165) is 30.0 Å². The van der Waals surface area contributed by atoms with Crippen LogP contribution >= 0.6 is 7.37 Å². The van der Waals surface area contributed by atoms with E-state index >= 15 is 0 Å². The average Bonchev–Trinajstić information content (AvgIpc) is 2.43. The van der Waals surface area contributed by atoms with E-state index in [4.69, 9.17) is 0 Å². The van der Waals surface area contributed by atoms with Gasteiger partial charge in [0.2, 0.25) is 0 Å². The number of hydrogen-bond donors (Lipinski definition) is 1. The second kappa shape index (κ2) is 6.18. The molecule has 2 nitrogen and oxygen atoms in total. The van der Waals surface area contributed by atoms with Crippen LogP contribution in [0.2, 0.25) is 0 Å². The van der Waals surface area contributed by atoms with Crippen molar-refractivity contribution in [1.29, 1.82) is 0 Å². The van der Waals surface area contributed by atoms with Crippen molar-refractivity contribution in [3.8, 4) is 0 Å². The molecule has 0 aliphatic carbocycles. The van der Waals surface area contributed by atoms with Crippen LogP contribution in [0.15, 0.2) is 54.4 Å². The van der Waals surface area contributed by atoms with Crippen LogP contribution in [0.25, 0.3) is 10.8 Å². The Morgan fingerprint density at radius 3 is 2.68 bits per heavy atom. The summed E-state index contributed by atoms with van der Waals surface area (Å²) in [6, 6.07) is 13.2. The first-order valence-corrected chi connectivity index (χ1v) is 8.36. The summed E-state index contributed by atoms with van der Waals surface area (Å²) < 4.78 is 12.5. The van der Waals surface area contributed by atoms with Crippen molar-refractivity contribution < 1.29 is 9.46 Å². The Balaban J connectivity index is 2.37. The number of unbranched alkanes of at least 4 members (excludes halogenated alkanes) is 2. The van der Waals surface area contributed by atoms with E-state index in [9.17, 15) is 9.46 Å². The Morgan fingerprint density at radius 1 is 1.16 bits per heavy atom. The van der Waals surface area contributed by atoms with Gasteiger partial charge in [-0.05, 0) is 23.3 Å². The molecule has 0 aromatic heterocycles. The highest BCUT2D eigenvalue weighted by Gasteiger charge is 2.19. The molecule has 0 amide bonds. The zero-order valence-electron chi connectivity index (χ0n) is 11.1. The number of fused-ring (bicyclic) bond motifs is 1. The Kier molecular flexibility index (Phi) is 4.57. The first-order valence-electron chi connectivity index (χ1n) is 6.63. The van der Waals surface area contributed by atoms with E-state index in [2.05, 4.69) is 6.92 Å². The van der Waals surface area contributed by atoms with Gasteiger partial charge in [0.15, 0.2) is 0 Å². The monoisotopic (exact) mass is 274 g/mol. The molecule has 1 N–H and O–H groups in total. The van der Waals surface area contributed by atoms with E-state index in [1.807, 2.05) is 42.5 Å². The molecule has 0 bridgehead atoms. The van der Waals surface area contributed by atoms with Crippen molar-refractivity contribution in [3.05, 3.63) is 54.4 Å². The van der Waals surface area contributed by atoms with Crippen molar-refractivity contribution in [2.75, 3.05) is 0 Å². The zero-order chi connectivity index (χ0) is 13.7. The molecule has 2 rings (SSSR count). The molecule has 2 aromatic carbocycles. The fourth-order valence-corrected chi connectivity index (χ4v) is 3.55. The van der Waals surface area contributed by atoms with Crippen molar-refractivity contribution in [2.24, 2.45) is 0 Å². The molecule has 1 atom stereocenters. The van der Waals surface area contributed by atoms with Crippen LogP contribution in [0.1, 0.15) is 26.2 Å². The Morgan fingerprint density at radius 2 is 1.89 bits per heavy atom. The molecule has 1 unspecified atom stereocenters. The van der Waals surface area contributed by atoms with Crippen LogP contribution in [0, 0.1) is 0 Å². The highest BCUT2D eigenvalue weighted by Crippen LogP contribution is 2.43. The summed E-state index contributed by atoms with van der Waals surface area (Å²) in [7, 11) is -3.41. The van der Waals surface area contributed by atoms with E-state index in [1.54, 1.807) is 6.07 Å². The summed E-state index contributed by atoms with van der Waals surface area (Å²) in [5.74, 6) is 1.48. The van der Waals surface area contributed by atoms with Gasteiger partial charge in [0.05, 0.1) is 0 Å². The van der Waals surface area contributed by atoms with Crippen molar-refractivity contribution in [2.45, 2.75) is 26.2 Å². The van der Waals surface area contributed by atoms with Gasteiger partial charge >= 0.3 is 0 Å². The van der Waals surface area contributed by atoms with Gasteiger partial charge in [-0.2, -0.15) is 0 Å². The van der Waals surface area contributed by atoms with Gasteiger partial charge in [0.1, 0.15) is 0 Å². The number of rotatable bonds is 5. The minimum Gasteiger partial charge on any atom is -0.338 e. The molecule has 100 valence electrons. The first-order chi connectivity index (χ1) is 9.15. The van der Waals surface area contributed by atoms with Crippen molar-refractivity contribution in [1.82, 2.24) is 0 Å². The lowest BCUT2D eigenvalue weighted by Gasteiger charge is -2.10. The molecule has 0 radical (unpaired) electrons. The molecular formula is C16H19O2P. The Hall–Kier alpha value is -1.37. The quantitative estimate of drug-likeness (QED) is 0.646. The van der Waals surface area contributed by atoms with E-state index in [-0.39, 0.29) is 0 Å². The molecule has 0 aliphatic rings. The van der Waals surface area contributed by atoms with Gasteiger partial charge in [0, 0.05) is 11.1 Å². The fourth-order valence-electron chi connectivity index (χ4n) is 2.11. The summed E-state index contributed by atoms with van der Waals surface area (Å²) in [4.78, 5) is 10.3. The lowest BCUT2D eigenvalue weighted by Crippen LogP contribution is -2.03. The third-order valence-corrected chi connectivity index (χ3v) is 4.84. The summed E-state index contributed by atoms with van der Waals surface area (Å²) in [6.07, 6.45) is 4.82. The number of hydrogen-bond acceptors (Lipinski definition) is 1. The standard InChI is InChI=1S/C16H19O2P/c1-2-3-4-7-13-19(17,18)16-12-8-10-14-9-5-6-11-15(14)16/h5-13H,2-4H2,1H3,(H,17,18). The maximum atomic E-state index is 12.5. The van der Waals surface area contributed by atoms with Gasteiger partial charge < -0.3 is 4.89 Å². The van der Waals surface area contributed by atoms with Crippen LogP contribution in [-0.4, -0.2) is 4.89 Å². The van der Waals surface area contributed by atoms with Crippen molar-refractivity contribution in [3.63, 3.8) is 0 Å². The predicted octanol–water partition coefficient (Wildman–Crippen LogP) is 4.44. The van der Waals surface area contributed by atoms with Crippen LogP contribution in [0.3, 0.4) is 0 Å². The second-order valence-electron chi connectivity index (χ2n) is 4.65. The minimum absolute atomic E-state index is 0.526. The van der Waals surface area contributed by atoms with Crippen LogP contribution in [0.5, 0.6) is 0 Å². The van der Waals surface area contributed by atoms with Crippen molar-refractivity contribution >= 4 is 23.4 Å². The predicted molar refractivity (Wildman–Crippen MR) is 82.1 cm³/mol. The molecule has 0 aliphatic heterocycles. The third kappa shape index (κ3) is 3.34. The molecule has 3 heteroatoms. The maximum absolute atomic E-state index is 12.5. The SMILES string of the molecule is CCCCC=CP(=O)(O)c1cccc2ccccc12. The topological polar surface area (TPSA) is 37.3 Å². The maximum Gasteiger partial charge on any atom is 0.252 e. The minimum atomic E-state index is -3.41. The average molecular weight is 274 g/mol. The van der Waals surface area contributed by atoms with Crippen LogP contribution < -0.4 is 5.30 Å². The Bertz CT molecular complexity index is 626. The van der Waals surface area contributed by atoms with Gasteiger partial charge in [-0.1, -0.05) is 62.2 Å². The van der Waals surface area contributed by atoms with E-state index < -0.39 is 7.37 Å². The fraction of sp³-hybridized carbons (Fsp3) is 0.250. The van der Waals surface area contributed by atoms with Gasteiger partial charge in [-0.3, -0.25) is 4.57 Å². The summed E-state index contributed by atoms with van der Waals surface area (Å²) in [5.41, 5.74) is 0. The smallest absolute Gasteiger partial charge is 0.252 e. The van der Waals surface area contributed by atoms with E-state index in [1.165, 1.54) is 5.82 Å². The molecule has 0 heterocycles. The first kappa shape index (κ1) is 14.0. The molecule has 0 fully saturated rings. The van der Waals surface area contributed by atoms with Gasteiger partial charge in [-0.25, -0.2) is 0 Å². The third-order valence-electron chi connectivity index (χ3n) is 3.14. The molecule has 0 saturated heterocycles. The normalized spacial score (nSPS) is 14.8. The summed E-state index contributed by atoms with van der Waals surface area (Å²) in [5, 5.41) is 2.38.